The average molecular weight is 304 g/mol. The van der Waals surface area contributed by atoms with Crippen LogP contribution in [0.25, 0.3) is 22.0 Å². The predicted octanol–water partition coefficient (Wildman–Crippen LogP) is 4.04. The fourth-order valence-electron chi connectivity index (χ4n) is 3.62. The van der Waals surface area contributed by atoms with Crippen molar-refractivity contribution in [2.24, 2.45) is 7.05 Å². The Morgan fingerprint density at radius 1 is 0.957 bits per heavy atom. The highest BCUT2D eigenvalue weighted by atomic mass is 16.1. The summed E-state index contributed by atoms with van der Waals surface area (Å²) < 4.78 is 2.05. The van der Waals surface area contributed by atoms with Crippen LogP contribution in [0.4, 0.5) is 5.69 Å². The number of carbonyl (C=O) groups is 1. The van der Waals surface area contributed by atoms with Gasteiger partial charge in [-0.2, -0.15) is 0 Å². The molecular formula is C20H20N2O. The van der Waals surface area contributed by atoms with Gasteiger partial charge in [0.1, 0.15) is 0 Å². The van der Waals surface area contributed by atoms with Gasteiger partial charge in [0.25, 0.3) is 0 Å². The van der Waals surface area contributed by atoms with Crippen molar-refractivity contribution < 1.29 is 4.79 Å². The molecule has 0 saturated heterocycles. The number of Topliss-reactive ketones (excluding diaryl/α,β-unsaturated/α-hetero) is 1. The van der Waals surface area contributed by atoms with E-state index in [2.05, 4.69) is 51.9 Å². The average Bonchev–Trinajstić information content (AvgIpc) is 3.07. The Morgan fingerprint density at radius 2 is 1.65 bits per heavy atom. The van der Waals surface area contributed by atoms with E-state index in [0.717, 1.165) is 17.6 Å². The molecule has 0 unspecified atom stereocenters. The van der Waals surface area contributed by atoms with Gasteiger partial charge < -0.3 is 9.47 Å². The molecule has 0 amide bonds. The van der Waals surface area contributed by atoms with E-state index in [1.54, 1.807) is 0 Å². The normalized spacial score (nSPS) is 13.6. The summed E-state index contributed by atoms with van der Waals surface area (Å²) in [4.78, 5) is 14.2. The van der Waals surface area contributed by atoms with E-state index in [1.165, 1.54) is 27.8 Å². The first kappa shape index (κ1) is 14.1. The summed E-state index contributed by atoms with van der Waals surface area (Å²) in [5, 5.41) is 1.22. The molecule has 0 atom stereocenters. The zero-order valence-corrected chi connectivity index (χ0v) is 13.8. The van der Waals surface area contributed by atoms with Gasteiger partial charge in [0.2, 0.25) is 0 Å². The zero-order valence-electron chi connectivity index (χ0n) is 13.8. The maximum absolute atomic E-state index is 12.1. The smallest absolute Gasteiger partial charge is 0.179 e. The Hall–Kier alpha value is -2.55. The van der Waals surface area contributed by atoms with E-state index in [-0.39, 0.29) is 5.78 Å². The van der Waals surface area contributed by atoms with Crippen molar-refractivity contribution in [1.82, 2.24) is 4.57 Å². The molecule has 3 aromatic rings. The second kappa shape index (κ2) is 4.98. The predicted molar refractivity (Wildman–Crippen MR) is 95.3 cm³/mol. The van der Waals surface area contributed by atoms with Gasteiger partial charge in [0.05, 0.1) is 5.69 Å². The van der Waals surface area contributed by atoms with Crippen molar-refractivity contribution in [3.05, 3.63) is 53.7 Å². The van der Waals surface area contributed by atoms with Gasteiger partial charge in [-0.15, -0.1) is 0 Å². The molecule has 0 radical (unpaired) electrons. The van der Waals surface area contributed by atoms with E-state index in [0.29, 0.717) is 6.42 Å². The van der Waals surface area contributed by atoms with E-state index in [1.807, 2.05) is 21.1 Å². The number of benzene rings is 2. The van der Waals surface area contributed by atoms with Crippen molar-refractivity contribution in [2.45, 2.75) is 12.8 Å². The van der Waals surface area contributed by atoms with Gasteiger partial charge in [-0.1, -0.05) is 18.2 Å². The fraction of sp³-hybridized carbons (Fsp3) is 0.250. The summed E-state index contributed by atoms with van der Waals surface area (Å²) in [6, 6.07) is 15.1. The summed E-state index contributed by atoms with van der Waals surface area (Å²) in [5.74, 6) is 0.274. The maximum atomic E-state index is 12.1. The SMILES string of the molecule is CN(C)c1ccc(-c2ccc3c(c2)c2c(n3C)C(=O)CC2)cc1. The van der Waals surface area contributed by atoms with E-state index in [4.69, 9.17) is 0 Å². The molecule has 3 nitrogen and oxygen atoms in total. The van der Waals surface area contributed by atoms with Crippen LogP contribution < -0.4 is 4.90 Å². The van der Waals surface area contributed by atoms with Crippen LogP contribution in [-0.2, 0) is 13.5 Å². The van der Waals surface area contributed by atoms with Crippen molar-refractivity contribution in [3.8, 4) is 11.1 Å². The summed E-state index contributed by atoms with van der Waals surface area (Å²) in [5.41, 5.74) is 6.88. The molecule has 0 spiro atoms. The van der Waals surface area contributed by atoms with Crippen LogP contribution in [0, 0.1) is 0 Å². The first-order chi connectivity index (χ1) is 11.1. The van der Waals surface area contributed by atoms with Crippen LogP contribution in [0.3, 0.4) is 0 Å². The van der Waals surface area contributed by atoms with Gasteiger partial charge >= 0.3 is 0 Å². The van der Waals surface area contributed by atoms with Crippen LogP contribution in [0.5, 0.6) is 0 Å². The third kappa shape index (κ3) is 2.07. The quantitative estimate of drug-likeness (QED) is 0.714. The highest BCUT2D eigenvalue weighted by molar-refractivity contribution is 6.06. The van der Waals surface area contributed by atoms with Crippen molar-refractivity contribution in [1.29, 1.82) is 0 Å². The largest absolute Gasteiger partial charge is 0.378 e. The highest BCUT2D eigenvalue weighted by Gasteiger charge is 2.26. The van der Waals surface area contributed by atoms with Crippen LogP contribution in [0.2, 0.25) is 0 Å². The van der Waals surface area contributed by atoms with E-state index < -0.39 is 0 Å². The minimum atomic E-state index is 0.274. The lowest BCUT2D eigenvalue weighted by molar-refractivity contribution is 0.0987. The van der Waals surface area contributed by atoms with Crippen LogP contribution in [0.1, 0.15) is 22.5 Å². The van der Waals surface area contributed by atoms with E-state index >= 15 is 0 Å². The standard InChI is InChI=1S/C20H20N2O/c1-21(2)15-7-4-13(5-8-15)14-6-10-18-17(12-14)16-9-11-19(23)20(16)22(18)3/h4-8,10,12H,9,11H2,1-3H3. The Kier molecular flexibility index (Phi) is 3.05. The van der Waals surface area contributed by atoms with Crippen LogP contribution >= 0.6 is 0 Å². The van der Waals surface area contributed by atoms with Gasteiger partial charge in [-0.05, 0) is 47.4 Å². The van der Waals surface area contributed by atoms with Crippen LogP contribution in [0.15, 0.2) is 42.5 Å². The Balaban J connectivity index is 1.85. The molecule has 23 heavy (non-hydrogen) atoms. The number of fused-ring (bicyclic) bond motifs is 3. The van der Waals surface area contributed by atoms with Gasteiger partial charge in [0.15, 0.2) is 5.78 Å². The molecule has 0 fully saturated rings. The summed E-state index contributed by atoms with van der Waals surface area (Å²) in [6.45, 7) is 0. The molecule has 1 aliphatic carbocycles. The maximum Gasteiger partial charge on any atom is 0.179 e. The third-order valence-corrected chi connectivity index (χ3v) is 4.89. The van der Waals surface area contributed by atoms with E-state index in [9.17, 15) is 4.79 Å². The molecule has 0 N–H and O–H groups in total. The third-order valence-electron chi connectivity index (χ3n) is 4.89. The number of aromatic nitrogens is 1. The molecule has 2 aromatic carbocycles. The first-order valence-electron chi connectivity index (χ1n) is 7.98. The Morgan fingerprint density at radius 3 is 2.35 bits per heavy atom. The minimum absolute atomic E-state index is 0.274. The van der Waals surface area contributed by atoms with Gasteiger partial charge in [-0.25, -0.2) is 0 Å². The molecule has 1 aliphatic rings. The Bertz CT molecular complexity index is 917. The molecule has 0 bridgehead atoms. The molecular weight excluding hydrogens is 284 g/mol. The number of ketones is 1. The molecule has 3 heteroatoms. The lowest BCUT2D eigenvalue weighted by Gasteiger charge is -2.13. The summed E-state index contributed by atoms with van der Waals surface area (Å²) in [6.07, 6.45) is 1.52. The molecule has 1 heterocycles. The minimum Gasteiger partial charge on any atom is -0.378 e. The number of carbonyl (C=O) groups excluding carboxylic acids is 1. The van der Waals surface area contributed by atoms with Gasteiger partial charge in [0, 0.05) is 44.2 Å². The number of hydrogen-bond acceptors (Lipinski definition) is 2. The molecule has 116 valence electrons. The van der Waals surface area contributed by atoms with Crippen molar-refractivity contribution in [2.75, 3.05) is 19.0 Å². The fourth-order valence-corrected chi connectivity index (χ4v) is 3.62. The monoisotopic (exact) mass is 304 g/mol. The summed E-state index contributed by atoms with van der Waals surface area (Å²) >= 11 is 0. The van der Waals surface area contributed by atoms with Crippen molar-refractivity contribution in [3.63, 3.8) is 0 Å². The molecule has 0 aliphatic heterocycles. The van der Waals surface area contributed by atoms with Crippen molar-refractivity contribution >= 4 is 22.4 Å². The van der Waals surface area contributed by atoms with Crippen LogP contribution in [-0.4, -0.2) is 24.4 Å². The number of rotatable bonds is 2. The topological polar surface area (TPSA) is 25.2 Å². The van der Waals surface area contributed by atoms with Gasteiger partial charge in [-0.3, -0.25) is 4.79 Å². The summed E-state index contributed by atoms with van der Waals surface area (Å²) in [7, 11) is 6.09. The number of anilines is 1. The Labute approximate surface area is 136 Å². The molecule has 0 saturated carbocycles. The number of aryl methyl sites for hydroxylation is 2. The first-order valence-corrected chi connectivity index (χ1v) is 7.98. The molecule has 1 aromatic heterocycles. The second-order valence-electron chi connectivity index (χ2n) is 6.48. The number of hydrogen-bond donors (Lipinski definition) is 0. The zero-order chi connectivity index (χ0) is 16.1. The number of nitrogens with zero attached hydrogens (tertiary/aromatic N) is 2. The second-order valence-corrected chi connectivity index (χ2v) is 6.48. The lowest BCUT2D eigenvalue weighted by Crippen LogP contribution is -2.07. The highest BCUT2D eigenvalue weighted by Crippen LogP contribution is 2.35. The lowest BCUT2D eigenvalue weighted by atomic mass is 10.0. The molecule has 4 rings (SSSR count).